The van der Waals surface area contributed by atoms with Crippen molar-refractivity contribution in [3.8, 4) is 0 Å². The largest absolute Gasteiger partial charge is 0.355 e. The minimum absolute atomic E-state index is 0.330. The highest BCUT2D eigenvalue weighted by Crippen LogP contribution is 2.08. The normalized spacial score (nSPS) is 15.0. The number of rotatable bonds is 9. The van der Waals surface area contributed by atoms with Gasteiger partial charge in [0.05, 0.1) is 6.26 Å². The third-order valence-corrected chi connectivity index (χ3v) is 4.11. The number of hydrogen-bond donors (Lipinski definition) is 3. The van der Waals surface area contributed by atoms with Crippen LogP contribution in [0.3, 0.4) is 0 Å². The van der Waals surface area contributed by atoms with Gasteiger partial charge in [-0.3, -0.25) is 4.99 Å². The van der Waals surface area contributed by atoms with E-state index in [9.17, 15) is 8.42 Å². The van der Waals surface area contributed by atoms with Crippen LogP contribution in [-0.4, -0.2) is 45.8 Å². The Morgan fingerprint density at radius 1 is 1.18 bits per heavy atom. The molecule has 1 unspecified atom stereocenters. The van der Waals surface area contributed by atoms with E-state index in [0.717, 1.165) is 12.3 Å². The van der Waals surface area contributed by atoms with Gasteiger partial charge in [0.25, 0.3) is 0 Å². The highest BCUT2D eigenvalue weighted by atomic mass is 32.2. The van der Waals surface area contributed by atoms with Gasteiger partial charge in [0, 0.05) is 25.2 Å². The number of nitrogens with one attached hydrogen (secondary N) is 3. The first-order chi connectivity index (χ1) is 9.95. The molecule has 7 heteroatoms. The number of guanidine groups is 1. The lowest BCUT2D eigenvalue weighted by Crippen LogP contribution is -2.53. The summed E-state index contributed by atoms with van der Waals surface area (Å²) >= 11 is 0. The first-order valence-corrected chi connectivity index (χ1v) is 9.80. The van der Waals surface area contributed by atoms with Crippen molar-refractivity contribution in [3.05, 3.63) is 0 Å². The number of sulfonamides is 1. The van der Waals surface area contributed by atoms with Gasteiger partial charge in [0.15, 0.2) is 5.96 Å². The van der Waals surface area contributed by atoms with E-state index in [4.69, 9.17) is 0 Å². The van der Waals surface area contributed by atoms with Crippen molar-refractivity contribution in [2.45, 2.75) is 65.5 Å². The maximum Gasteiger partial charge on any atom is 0.209 e. The second-order valence-corrected chi connectivity index (χ2v) is 8.80. The zero-order valence-corrected chi connectivity index (χ0v) is 16.0. The van der Waals surface area contributed by atoms with Crippen LogP contribution in [0.4, 0.5) is 0 Å². The van der Waals surface area contributed by atoms with Crippen LogP contribution in [0.2, 0.25) is 0 Å². The summed E-state index contributed by atoms with van der Waals surface area (Å²) in [6, 6.07) is 0.330. The summed E-state index contributed by atoms with van der Waals surface area (Å²) in [5, 5.41) is 6.51. The molecule has 3 N–H and O–H groups in total. The molecule has 6 nitrogen and oxygen atoms in total. The fourth-order valence-corrected chi connectivity index (χ4v) is 3.25. The van der Waals surface area contributed by atoms with Gasteiger partial charge in [-0.1, -0.05) is 26.7 Å². The van der Waals surface area contributed by atoms with E-state index in [1.165, 1.54) is 19.1 Å². The predicted octanol–water partition coefficient (Wildman–Crippen LogP) is 1.69. The molecule has 0 fully saturated rings. The smallest absolute Gasteiger partial charge is 0.209 e. The third kappa shape index (κ3) is 11.8. The highest BCUT2D eigenvalue weighted by molar-refractivity contribution is 7.88. The second kappa shape index (κ2) is 9.35. The molecule has 0 amide bonds. The molecule has 1 atom stereocenters. The van der Waals surface area contributed by atoms with E-state index in [1.807, 2.05) is 13.8 Å². The quantitative estimate of drug-likeness (QED) is 0.443. The average molecular weight is 335 g/mol. The minimum atomic E-state index is -3.23. The third-order valence-electron chi connectivity index (χ3n) is 3.18. The van der Waals surface area contributed by atoms with Crippen molar-refractivity contribution in [2.24, 2.45) is 10.9 Å². The molecule has 0 aromatic rings. The monoisotopic (exact) mass is 334 g/mol. The molecule has 22 heavy (non-hydrogen) atoms. The van der Waals surface area contributed by atoms with Crippen molar-refractivity contribution >= 4 is 16.0 Å². The maximum absolute atomic E-state index is 11.3. The molecule has 0 rings (SSSR count). The number of nitrogens with zero attached hydrogens (tertiary/aromatic N) is 1. The van der Waals surface area contributed by atoms with Gasteiger partial charge in [0.1, 0.15) is 0 Å². The molecule has 0 saturated carbocycles. The van der Waals surface area contributed by atoms with E-state index >= 15 is 0 Å². The van der Waals surface area contributed by atoms with Crippen molar-refractivity contribution in [2.75, 3.05) is 19.8 Å². The van der Waals surface area contributed by atoms with Crippen LogP contribution in [0, 0.1) is 5.92 Å². The summed E-state index contributed by atoms with van der Waals surface area (Å²) in [5.74, 6) is 1.42. The lowest BCUT2D eigenvalue weighted by atomic mass is 10.0. The second-order valence-electron chi connectivity index (χ2n) is 7.05. The zero-order chi connectivity index (χ0) is 17.4. The van der Waals surface area contributed by atoms with Gasteiger partial charge in [-0.25, -0.2) is 13.1 Å². The molecule has 0 radical (unpaired) electrons. The van der Waals surface area contributed by atoms with Crippen LogP contribution in [0.5, 0.6) is 0 Å². The zero-order valence-electron chi connectivity index (χ0n) is 15.2. The maximum atomic E-state index is 11.3. The van der Waals surface area contributed by atoms with Crippen LogP contribution in [0.25, 0.3) is 0 Å². The van der Waals surface area contributed by atoms with Crippen LogP contribution in [0.15, 0.2) is 4.99 Å². The van der Waals surface area contributed by atoms with Crippen molar-refractivity contribution < 1.29 is 8.42 Å². The molecule has 0 aromatic heterocycles. The lowest BCUT2D eigenvalue weighted by molar-refractivity contribution is 0.442. The van der Waals surface area contributed by atoms with Gasteiger partial charge < -0.3 is 10.6 Å². The molecular weight excluding hydrogens is 300 g/mol. The van der Waals surface area contributed by atoms with Crippen LogP contribution >= 0.6 is 0 Å². The first kappa shape index (κ1) is 21.2. The molecule has 0 aromatic carbocycles. The number of hydrogen-bond acceptors (Lipinski definition) is 3. The van der Waals surface area contributed by atoms with Crippen LogP contribution in [0.1, 0.15) is 53.9 Å². The Morgan fingerprint density at radius 2 is 1.77 bits per heavy atom. The summed E-state index contributed by atoms with van der Waals surface area (Å²) in [6.07, 6.45) is 4.66. The Hall–Kier alpha value is -0.820. The Labute approximate surface area is 136 Å². The van der Waals surface area contributed by atoms with Crippen molar-refractivity contribution in [3.63, 3.8) is 0 Å². The molecule has 0 spiro atoms. The lowest BCUT2D eigenvalue weighted by Gasteiger charge is -2.27. The average Bonchev–Trinajstić information content (AvgIpc) is 2.31. The Morgan fingerprint density at radius 3 is 2.23 bits per heavy atom. The minimum Gasteiger partial charge on any atom is -0.355 e. The molecule has 0 aliphatic rings. The van der Waals surface area contributed by atoms with Gasteiger partial charge >= 0.3 is 0 Å². The Bertz CT molecular complexity index is 444. The summed E-state index contributed by atoms with van der Waals surface area (Å²) in [7, 11) is -1.51. The fraction of sp³-hybridized carbons (Fsp3) is 0.933. The SMILES string of the molecule is CN=C(NCC(C)(C)NS(C)(=O)=O)NC(C)CCCC(C)C. The van der Waals surface area contributed by atoms with E-state index < -0.39 is 15.6 Å². The molecule has 0 bridgehead atoms. The molecule has 0 heterocycles. The summed E-state index contributed by atoms with van der Waals surface area (Å²) < 4.78 is 25.3. The van der Waals surface area contributed by atoms with E-state index in [1.54, 1.807) is 7.05 Å². The van der Waals surface area contributed by atoms with Gasteiger partial charge in [-0.05, 0) is 33.1 Å². The van der Waals surface area contributed by atoms with Crippen molar-refractivity contribution in [1.82, 2.24) is 15.4 Å². The molecule has 0 aliphatic heterocycles. The predicted molar refractivity (Wildman–Crippen MR) is 94.7 cm³/mol. The molecular formula is C15H34N4O2S. The topological polar surface area (TPSA) is 82.6 Å². The highest BCUT2D eigenvalue weighted by Gasteiger charge is 2.22. The van der Waals surface area contributed by atoms with E-state index in [2.05, 4.69) is 41.1 Å². The van der Waals surface area contributed by atoms with Crippen molar-refractivity contribution in [1.29, 1.82) is 0 Å². The fourth-order valence-electron chi connectivity index (χ4n) is 2.18. The van der Waals surface area contributed by atoms with Gasteiger partial charge in [-0.2, -0.15) is 0 Å². The summed E-state index contributed by atoms with van der Waals surface area (Å²) in [5.41, 5.74) is -0.577. The molecule has 0 aliphatic carbocycles. The van der Waals surface area contributed by atoms with Gasteiger partial charge in [0.2, 0.25) is 10.0 Å². The number of aliphatic imine (C=N–C) groups is 1. The molecule has 0 saturated heterocycles. The molecule has 132 valence electrons. The van der Waals surface area contributed by atoms with Crippen LogP contribution in [-0.2, 0) is 10.0 Å². The summed E-state index contributed by atoms with van der Waals surface area (Å²) in [6.45, 7) is 10.7. The Kier molecular flexibility index (Phi) is 9.00. The standard InChI is InChI=1S/C15H34N4O2S/c1-12(2)9-8-10-13(3)18-14(16-6)17-11-15(4,5)19-22(7,20)21/h12-13,19H,8-11H2,1-7H3,(H2,16,17,18). The van der Waals surface area contributed by atoms with E-state index in [-0.39, 0.29) is 0 Å². The first-order valence-electron chi connectivity index (χ1n) is 7.91. The van der Waals surface area contributed by atoms with E-state index in [0.29, 0.717) is 18.5 Å². The Balaban J connectivity index is 4.27. The van der Waals surface area contributed by atoms with Gasteiger partial charge in [-0.15, -0.1) is 0 Å². The summed E-state index contributed by atoms with van der Waals surface area (Å²) in [4.78, 5) is 4.19. The van der Waals surface area contributed by atoms with Crippen LogP contribution < -0.4 is 15.4 Å².